The molecule has 0 unspecified atom stereocenters. The monoisotopic (exact) mass is 455 g/mol. The van der Waals surface area contributed by atoms with E-state index in [-0.39, 0.29) is 0 Å². The Labute approximate surface area is 205 Å². The summed E-state index contributed by atoms with van der Waals surface area (Å²) in [5.41, 5.74) is 0. The summed E-state index contributed by atoms with van der Waals surface area (Å²) in [5.74, 6) is 0. The van der Waals surface area contributed by atoms with E-state index in [1.807, 2.05) is 0 Å². The molecule has 0 heterocycles. The largest absolute Gasteiger partial charge is 0.328 e. The van der Waals surface area contributed by atoms with E-state index in [2.05, 4.69) is 42.0 Å². The van der Waals surface area contributed by atoms with Crippen LogP contribution < -0.4 is 0 Å². The third-order valence-electron chi connectivity index (χ3n) is 7.51. The van der Waals surface area contributed by atoms with Crippen LogP contribution in [0, 0.1) is 0 Å². The minimum absolute atomic E-state index is 1.22. The lowest BCUT2D eigenvalue weighted by atomic mass is 10.0. The molecule has 0 aliphatic rings. The molecule has 0 aliphatic carbocycles. The summed E-state index contributed by atoms with van der Waals surface area (Å²) in [6.45, 7) is 10.1. The Morgan fingerprint density at radius 3 is 0.781 bits per heavy atom. The van der Waals surface area contributed by atoms with Crippen LogP contribution in [0.1, 0.15) is 142 Å². The lowest BCUT2D eigenvalue weighted by molar-refractivity contribution is -0.891. The molecule has 32 heavy (non-hydrogen) atoms. The van der Waals surface area contributed by atoms with Gasteiger partial charge in [0.05, 0.1) is 54.4 Å². The Hall–Kier alpha value is -0.0800. The summed E-state index contributed by atoms with van der Waals surface area (Å²) in [6, 6.07) is 0. The summed E-state index contributed by atoms with van der Waals surface area (Å²) in [7, 11) is 9.72. The van der Waals surface area contributed by atoms with E-state index in [0.29, 0.717) is 0 Å². The van der Waals surface area contributed by atoms with Gasteiger partial charge in [-0.1, -0.05) is 97.3 Å². The smallest absolute Gasteiger partial charge is 0.0782 e. The standard InChI is InChI=1S/C30H66N2/c1-7-9-11-12-13-14-15-16-17-18-19-20-21-24-29-32(5,6)30-26-23-22-25-28-31(3,4)27-10-8-2/h7-30H2,1-6H3/q+2. The Bertz CT molecular complexity index is 375. The molecule has 194 valence electrons. The molecule has 0 aliphatic heterocycles. The van der Waals surface area contributed by atoms with Gasteiger partial charge in [0.1, 0.15) is 0 Å². The average molecular weight is 455 g/mol. The predicted octanol–water partition coefficient (Wildman–Crippen LogP) is 8.98. The second-order valence-electron chi connectivity index (χ2n) is 12.1. The van der Waals surface area contributed by atoms with Crippen LogP contribution in [0.25, 0.3) is 0 Å². The first-order valence-corrected chi connectivity index (χ1v) is 15.0. The van der Waals surface area contributed by atoms with Crippen LogP contribution in [0.4, 0.5) is 0 Å². The van der Waals surface area contributed by atoms with Gasteiger partial charge in [-0.3, -0.25) is 0 Å². The number of quaternary nitrogens is 2. The van der Waals surface area contributed by atoms with Gasteiger partial charge in [0, 0.05) is 0 Å². The van der Waals surface area contributed by atoms with Gasteiger partial charge in [-0.15, -0.1) is 0 Å². The first-order chi connectivity index (χ1) is 15.3. The van der Waals surface area contributed by atoms with Crippen LogP contribution in [0.15, 0.2) is 0 Å². The van der Waals surface area contributed by atoms with Gasteiger partial charge in [0.2, 0.25) is 0 Å². The molecule has 0 aromatic rings. The minimum Gasteiger partial charge on any atom is -0.328 e. The highest BCUT2D eigenvalue weighted by atomic mass is 15.3. The first kappa shape index (κ1) is 31.9. The Morgan fingerprint density at radius 2 is 0.500 bits per heavy atom. The molecule has 0 rings (SSSR count). The van der Waals surface area contributed by atoms with Gasteiger partial charge >= 0.3 is 0 Å². The van der Waals surface area contributed by atoms with Crippen LogP contribution >= 0.6 is 0 Å². The molecule has 0 bridgehead atoms. The molecule has 0 fully saturated rings. The van der Waals surface area contributed by atoms with Gasteiger partial charge in [-0.2, -0.15) is 0 Å². The lowest BCUT2D eigenvalue weighted by Crippen LogP contribution is -2.41. The number of nitrogens with zero attached hydrogens (tertiary/aromatic N) is 2. The van der Waals surface area contributed by atoms with E-state index in [1.165, 1.54) is 164 Å². The number of unbranched alkanes of at least 4 members (excludes halogenated alkanes) is 17. The third kappa shape index (κ3) is 23.1. The number of hydrogen-bond acceptors (Lipinski definition) is 0. The van der Waals surface area contributed by atoms with Crippen LogP contribution in [0.3, 0.4) is 0 Å². The van der Waals surface area contributed by atoms with Gasteiger partial charge in [0.25, 0.3) is 0 Å². The molecule has 0 N–H and O–H groups in total. The zero-order chi connectivity index (χ0) is 24.0. The van der Waals surface area contributed by atoms with Crippen molar-refractivity contribution in [2.75, 3.05) is 54.4 Å². The molecule has 2 heteroatoms. The van der Waals surface area contributed by atoms with Crippen molar-refractivity contribution in [1.82, 2.24) is 0 Å². The molecule has 0 spiro atoms. The van der Waals surface area contributed by atoms with E-state index in [0.717, 1.165) is 0 Å². The van der Waals surface area contributed by atoms with Gasteiger partial charge in [0.15, 0.2) is 0 Å². The summed E-state index contributed by atoms with van der Waals surface area (Å²) in [4.78, 5) is 0. The van der Waals surface area contributed by atoms with E-state index < -0.39 is 0 Å². The topological polar surface area (TPSA) is 0 Å². The highest BCUT2D eigenvalue weighted by Gasteiger charge is 2.15. The quantitative estimate of drug-likeness (QED) is 0.0953. The van der Waals surface area contributed by atoms with Gasteiger partial charge < -0.3 is 8.97 Å². The van der Waals surface area contributed by atoms with Crippen molar-refractivity contribution in [3.63, 3.8) is 0 Å². The van der Waals surface area contributed by atoms with Crippen LogP contribution in [-0.2, 0) is 0 Å². The van der Waals surface area contributed by atoms with Gasteiger partial charge in [-0.05, 0) is 44.9 Å². The van der Waals surface area contributed by atoms with Crippen LogP contribution in [0.2, 0.25) is 0 Å². The first-order valence-electron chi connectivity index (χ1n) is 15.0. The zero-order valence-corrected chi connectivity index (χ0v) is 23.9. The van der Waals surface area contributed by atoms with E-state index in [4.69, 9.17) is 0 Å². The molecule has 0 amide bonds. The minimum atomic E-state index is 1.22. The molecule has 0 atom stereocenters. The van der Waals surface area contributed by atoms with E-state index >= 15 is 0 Å². The molecule has 0 saturated heterocycles. The molecular formula is C30H66N2+2. The van der Waals surface area contributed by atoms with Crippen molar-refractivity contribution in [3.05, 3.63) is 0 Å². The number of hydrogen-bond donors (Lipinski definition) is 0. The van der Waals surface area contributed by atoms with Crippen molar-refractivity contribution in [1.29, 1.82) is 0 Å². The van der Waals surface area contributed by atoms with Crippen LogP contribution in [-0.4, -0.2) is 63.3 Å². The average Bonchev–Trinajstić information content (AvgIpc) is 2.75. The summed E-state index contributed by atoms with van der Waals surface area (Å²) in [6.07, 6.45) is 28.8. The zero-order valence-electron chi connectivity index (χ0n) is 23.9. The summed E-state index contributed by atoms with van der Waals surface area (Å²) >= 11 is 0. The van der Waals surface area contributed by atoms with Crippen molar-refractivity contribution in [2.24, 2.45) is 0 Å². The second-order valence-corrected chi connectivity index (χ2v) is 12.1. The fourth-order valence-corrected chi connectivity index (χ4v) is 4.98. The predicted molar refractivity (Wildman–Crippen MR) is 147 cm³/mol. The maximum atomic E-state index is 2.45. The SMILES string of the molecule is CCCCCCCCCCCCCCCC[N+](C)(C)CCCCCC[N+](C)(C)CCCC. The normalized spacial score (nSPS) is 12.6. The molecule has 2 nitrogen and oxygen atoms in total. The highest BCUT2D eigenvalue weighted by molar-refractivity contribution is 4.50. The maximum absolute atomic E-state index is 2.45. The third-order valence-corrected chi connectivity index (χ3v) is 7.51. The molecule has 0 aromatic carbocycles. The van der Waals surface area contributed by atoms with Crippen molar-refractivity contribution in [2.45, 2.75) is 142 Å². The van der Waals surface area contributed by atoms with E-state index in [9.17, 15) is 0 Å². The number of rotatable bonds is 25. The van der Waals surface area contributed by atoms with Gasteiger partial charge in [-0.25, -0.2) is 0 Å². The lowest BCUT2D eigenvalue weighted by Gasteiger charge is -2.31. The van der Waals surface area contributed by atoms with E-state index in [1.54, 1.807) is 0 Å². The Balaban J connectivity index is 3.43. The molecule has 0 aromatic heterocycles. The fourth-order valence-electron chi connectivity index (χ4n) is 4.98. The summed E-state index contributed by atoms with van der Waals surface area (Å²) < 4.78 is 2.45. The highest BCUT2D eigenvalue weighted by Crippen LogP contribution is 2.14. The van der Waals surface area contributed by atoms with Crippen molar-refractivity contribution < 1.29 is 8.97 Å². The van der Waals surface area contributed by atoms with Crippen LogP contribution in [0.5, 0.6) is 0 Å². The Kier molecular flexibility index (Phi) is 21.4. The summed E-state index contributed by atoms with van der Waals surface area (Å²) in [5, 5.41) is 0. The molecule has 0 radical (unpaired) electrons. The second kappa shape index (κ2) is 21.5. The maximum Gasteiger partial charge on any atom is 0.0782 e. The Morgan fingerprint density at radius 1 is 0.281 bits per heavy atom. The fraction of sp³-hybridized carbons (Fsp3) is 1.00. The van der Waals surface area contributed by atoms with Crippen molar-refractivity contribution >= 4 is 0 Å². The van der Waals surface area contributed by atoms with Crippen molar-refractivity contribution in [3.8, 4) is 0 Å². The molecule has 0 saturated carbocycles. The molecular weight excluding hydrogens is 388 g/mol.